The highest BCUT2D eigenvalue weighted by Crippen LogP contribution is 2.28. The Kier molecular flexibility index (Phi) is 7.65. The number of benzene rings is 3. The second kappa shape index (κ2) is 11.0. The van der Waals surface area contributed by atoms with Gasteiger partial charge in [0.15, 0.2) is 11.0 Å². The zero-order valence-electron chi connectivity index (χ0n) is 19.6. The molecule has 34 heavy (non-hydrogen) atoms. The number of hydrogen-bond acceptors (Lipinski definition) is 5. The number of aromatic nitrogens is 3. The van der Waals surface area contributed by atoms with Gasteiger partial charge in [0.25, 0.3) is 0 Å². The maximum atomic E-state index is 13.1. The standard InChI is InChI=1S/C27H28N4O2S/c1-20-12-10-11-17-24(20)33-19-25-28-29-27(31(25)23-15-8-5-9-16-23)34-21(2)26(32)30(3)18-22-13-6-4-7-14-22/h4-17,21H,18-19H2,1-3H3. The summed E-state index contributed by atoms with van der Waals surface area (Å²) in [5, 5.41) is 9.15. The summed E-state index contributed by atoms with van der Waals surface area (Å²) in [7, 11) is 1.83. The van der Waals surface area contributed by atoms with Gasteiger partial charge in [-0.25, -0.2) is 0 Å². The van der Waals surface area contributed by atoms with Crippen molar-refractivity contribution < 1.29 is 9.53 Å². The fraction of sp³-hybridized carbons (Fsp3) is 0.222. The van der Waals surface area contributed by atoms with Crippen molar-refractivity contribution in [2.75, 3.05) is 7.05 Å². The van der Waals surface area contributed by atoms with E-state index >= 15 is 0 Å². The van der Waals surface area contributed by atoms with Crippen LogP contribution in [0.1, 0.15) is 23.9 Å². The topological polar surface area (TPSA) is 60.3 Å². The molecular formula is C27H28N4O2S. The predicted octanol–water partition coefficient (Wildman–Crippen LogP) is 5.29. The average molecular weight is 473 g/mol. The van der Waals surface area contributed by atoms with Crippen molar-refractivity contribution in [3.05, 3.63) is 102 Å². The number of aryl methyl sites for hydroxylation is 1. The van der Waals surface area contributed by atoms with Crippen LogP contribution >= 0.6 is 11.8 Å². The summed E-state index contributed by atoms with van der Waals surface area (Å²) >= 11 is 1.40. The van der Waals surface area contributed by atoms with Crippen molar-refractivity contribution in [1.29, 1.82) is 0 Å². The lowest BCUT2D eigenvalue weighted by molar-refractivity contribution is -0.129. The number of ether oxygens (including phenoxy) is 1. The Morgan fingerprint density at radius 3 is 2.32 bits per heavy atom. The Labute approximate surface area is 204 Å². The van der Waals surface area contributed by atoms with Gasteiger partial charge in [-0.05, 0) is 43.2 Å². The van der Waals surface area contributed by atoms with Gasteiger partial charge in [-0.2, -0.15) is 0 Å². The van der Waals surface area contributed by atoms with Gasteiger partial charge in [-0.3, -0.25) is 9.36 Å². The third kappa shape index (κ3) is 5.66. The third-order valence-corrected chi connectivity index (χ3v) is 6.46. The van der Waals surface area contributed by atoms with Crippen molar-refractivity contribution in [3.8, 4) is 11.4 Å². The highest BCUT2D eigenvalue weighted by Gasteiger charge is 2.23. The fourth-order valence-electron chi connectivity index (χ4n) is 3.62. The minimum atomic E-state index is -0.328. The van der Waals surface area contributed by atoms with E-state index < -0.39 is 0 Å². The van der Waals surface area contributed by atoms with Gasteiger partial charge >= 0.3 is 0 Å². The molecule has 7 heteroatoms. The van der Waals surface area contributed by atoms with Gasteiger partial charge in [0, 0.05) is 19.3 Å². The van der Waals surface area contributed by atoms with E-state index in [9.17, 15) is 4.79 Å². The first-order chi connectivity index (χ1) is 16.5. The van der Waals surface area contributed by atoms with Crippen LogP contribution in [0.3, 0.4) is 0 Å². The van der Waals surface area contributed by atoms with E-state index in [4.69, 9.17) is 4.74 Å². The number of carbonyl (C=O) groups is 1. The minimum absolute atomic E-state index is 0.0363. The van der Waals surface area contributed by atoms with E-state index in [1.54, 1.807) is 4.90 Å². The van der Waals surface area contributed by atoms with Crippen molar-refractivity contribution in [3.63, 3.8) is 0 Å². The summed E-state index contributed by atoms with van der Waals surface area (Å²) in [6.45, 7) is 4.74. The number of para-hydroxylation sites is 2. The van der Waals surface area contributed by atoms with Gasteiger partial charge in [0.05, 0.1) is 5.25 Å². The molecule has 174 valence electrons. The molecule has 1 atom stereocenters. The zero-order valence-corrected chi connectivity index (χ0v) is 20.4. The molecule has 4 rings (SSSR count). The van der Waals surface area contributed by atoms with Crippen LogP contribution in [0, 0.1) is 6.92 Å². The van der Waals surface area contributed by atoms with E-state index in [0.717, 1.165) is 22.6 Å². The molecule has 6 nitrogen and oxygen atoms in total. The quantitative estimate of drug-likeness (QED) is 0.310. The van der Waals surface area contributed by atoms with E-state index in [0.29, 0.717) is 17.5 Å². The second-order valence-electron chi connectivity index (χ2n) is 8.06. The van der Waals surface area contributed by atoms with Gasteiger partial charge in [0.1, 0.15) is 12.4 Å². The minimum Gasteiger partial charge on any atom is -0.485 e. The molecule has 1 unspecified atom stereocenters. The molecule has 0 fully saturated rings. The van der Waals surface area contributed by atoms with Crippen LogP contribution in [0.4, 0.5) is 0 Å². The summed E-state index contributed by atoms with van der Waals surface area (Å²) < 4.78 is 8.01. The first-order valence-corrected chi connectivity index (χ1v) is 12.0. The molecule has 0 bridgehead atoms. The average Bonchev–Trinajstić information content (AvgIpc) is 3.26. The van der Waals surface area contributed by atoms with Gasteiger partial charge in [-0.1, -0.05) is 78.5 Å². The van der Waals surface area contributed by atoms with Gasteiger partial charge < -0.3 is 9.64 Å². The lowest BCUT2D eigenvalue weighted by Gasteiger charge is -2.21. The molecular weight excluding hydrogens is 444 g/mol. The summed E-state index contributed by atoms with van der Waals surface area (Å²) in [4.78, 5) is 14.8. The summed E-state index contributed by atoms with van der Waals surface area (Å²) in [6.07, 6.45) is 0. The van der Waals surface area contributed by atoms with E-state index in [-0.39, 0.29) is 17.8 Å². The smallest absolute Gasteiger partial charge is 0.235 e. The zero-order chi connectivity index (χ0) is 23.9. The summed E-state index contributed by atoms with van der Waals surface area (Å²) in [5.74, 6) is 1.52. The highest BCUT2D eigenvalue weighted by atomic mass is 32.2. The second-order valence-corrected chi connectivity index (χ2v) is 9.37. The number of hydrogen-bond donors (Lipinski definition) is 0. The van der Waals surface area contributed by atoms with Crippen molar-refractivity contribution in [1.82, 2.24) is 19.7 Å². The highest BCUT2D eigenvalue weighted by molar-refractivity contribution is 8.00. The van der Waals surface area contributed by atoms with Crippen molar-refractivity contribution in [2.24, 2.45) is 0 Å². The lowest BCUT2D eigenvalue weighted by atomic mass is 10.2. The molecule has 3 aromatic carbocycles. The van der Waals surface area contributed by atoms with Crippen LogP contribution in [0.5, 0.6) is 5.75 Å². The number of carbonyl (C=O) groups excluding carboxylic acids is 1. The number of rotatable bonds is 9. The Bertz CT molecular complexity index is 1230. The molecule has 0 saturated heterocycles. The Balaban J connectivity index is 1.53. The van der Waals surface area contributed by atoms with Crippen LogP contribution in [-0.4, -0.2) is 37.9 Å². The van der Waals surface area contributed by atoms with Crippen LogP contribution in [0.15, 0.2) is 90.1 Å². The van der Waals surface area contributed by atoms with E-state index in [1.165, 1.54) is 11.8 Å². The molecule has 0 spiro atoms. The van der Waals surface area contributed by atoms with Crippen LogP contribution in [0.25, 0.3) is 5.69 Å². The normalized spacial score (nSPS) is 11.7. The van der Waals surface area contributed by atoms with Crippen LogP contribution < -0.4 is 4.74 Å². The van der Waals surface area contributed by atoms with Gasteiger partial charge in [-0.15, -0.1) is 10.2 Å². The largest absolute Gasteiger partial charge is 0.485 e. The SMILES string of the molecule is Cc1ccccc1OCc1nnc(SC(C)C(=O)N(C)Cc2ccccc2)n1-c1ccccc1. The molecule has 1 aromatic heterocycles. The Morgan fingerprint density at radius 1 is 0.971 bits per heavy atom. The van der Waals surface area contributed by atoms with Crippen LogP contribution in [-0.2, 0) is 17.9 Å². The number of nitrogens with zero attached hydrogens (tertiary/aromatic N) is 4. The maximum Gasteiger partial charge on any atom is 0.235 e. The van der Waals surface area contributed by atoms with Crippen molar-refractivity contribution >= 4 is 17.7 Å². The molecule has 0 aliphatic rings. The van der Waals surface area contributed by atoms with Gasteiger partial charge in [0.2, 0.25) is 5.91 Å². The Morgan fingerprint density at radius 2 is 1.62 bits per heavy atom. The molecule has 0 aliphatic carbocycles. The maximum absolute atomic E-state index is 13.1. The first-order valence-electron chi connectivity index (χ1n) is 11.2. The third-order valence-electron chi connectivity index (χ3n) is 5.43. The number of amides is 1. The molecule has 4 aromatic rings. The van der Waals surface area contributed by atoms with E-state index in [1.807, 2.05) is 110 Å². The summed E-state index contributed by atoms with van der Waals surface area (Å²) in [5.41, 5.74) is 3.08. The first kappa shape index (κ1) is 23.6. The number of thioether (sulfide) groups is 1. The van der Waals surface area contributed by atoms with E-state index in [2.05, 4.69) is 10.2 Å². The Hall–Kier alpha value is -3.58. The predicted molar refractivity (Wildman–Crippen MR) is 135 cm³/mol. The molecule has 0 N–H and O–H groups in total. The van der Waals surface area contributed by atoms with Crippen LogP contribution in [0.2, 0.25) is 0 Å². The molecule has 1 amide bonds. The lowest BCUT2D eigenvalue weighted by Crippen LogP contribution is -2.33. The molecule has 0 radical (unpaired) electrons. The molecule has 0 aliphatic heterocycles. The molecule has 0 saturated carbocycles. The van der Waals surface area contributed by atoms with Crippen molar-refractivity contribution in [2.45, 2.75) is 37.4 Å². The fourth-order valence-corrected chi connectivity index (χ4v) is 4.62. The summed E-state index contributed by atoms with van der Waals surface area (Å²) in [6, 6.07) is 27.8. The monoisotopic (exact) mass is 472 g/mol. The molecule has 1 heterocycles.